The van der Waals surface area contributed by atoms with Crippen molar-refractivity contribution >= 4 is 34.0 Å². The van der Waals surface area contributed by atoms with Gasteiger partial charge in [-0.15, -0.1) is 0 Å². The molecule has 3 aromatic heterocycles. The lowest BCUT2D eigenvalue weighted by atomic mass is 10.1. The minimum absolute atomic E-state index is 0.00832. The first-order valence-electron chi connectivity index (χ1n) is 9.17. The van der Waals surface area contributed by atoms with E-state index in [4.69, 9.17) is 14.7 Å². The number of furan rings is 1. The number of carbonyl (C=O) groups is 1. The van der Waals surface area contributed by atoms with Gasteiger partial charge in [0.1, 0.15) is 0 Å². The molecule has 1 aliphatic carbocycles. The SMILES string of the molecule is O=C(O)c1cnc(-c2oc3cnccc3c2Nc2ccc3c(c2)CC/C3=N/O)nc1. The van der Waals surface area contributed by atoms with Gasteiger partial charge in [0.2, 0.25) is 0 Å². The van der Waals surface area contributed by atoms with Crippen LogP contribution in [0.1, 0.15) is 27.9 Å². The number of pyridine rings is 1. The summed E-state index contributed by atoms with van der Waals surface area (Å²) in [6.07, 6.45) is 7.24. The van der Waals surface area contributed by atoms with Crippen molar-refractivity contribution in [2.75, 3.05) is 5.32 Å². The van der Waals surface area contributed by atoms with Gasteiger partial charge >= 0.3 is 5.97 Å². The topological polar surface area (TPSA) is 134 Å². The number of rotatable bonds is 4. The van der Waals surface area contributed by atoms with E-state index >= 15 is 0 Å². The molecule has 0 fully saturated rings. The van der Waals surface area contributed by atoms with Crippen LogP contribution in [0, 0.1) is 0 Å². The molecule has 3 N–H and O–H groups in total. The van der Waals surface area contributed by atoms with Gasteiger partial charge in [-0.1, -0.05) is 11.2 Å². The van der Waals surface area contributed by atoms with Crippen molar-refractivity contribution in [3.63, 3.8) is 0 Å². The van der Waals surface area contributed by atoms with Crippen LogP contribution in [-0.2, 0) is 6.42 Å². The average Bonchev–Trinajstić information content (AvgIpc) is 3.35. The van der Waals surface area contributed by atoms with E-state index in [-0.39, 0.29) is 11.4 Å². The highest BCUT2D eigenvalue weighted by Crippen LogP contribution is 2.38. The van der Waals surface area contributed by atoms with E-state index in [0.29, 0.717) is 29.2 Å². The van der Waals surface area contributed by atoms with E-state index in [1.807, 2.05) is 24.3 Å². The molecule has 0 saturated carbocycles. The number of nitrogens with one attached hydrogen (secondary N) is 1. The van der Waals surface area contributed by atoms with Crippen molar-refractivity contribution in [1.29, 1.82) is 0 Å². The fourth-order valence-electron chi connectivity index (χ4n) is 3.58. The first kappa shape index (κ1) is 17.8. The van der Waals surface area contributed by atoms with E-state index in [1.165, 1.54) is 12.4 Å². The quantitative estimate of drug-likeness (QED) is 0.347. The number of aryl methyl sites for hydroxylation is 1. The molecular formula is C21H15N5O4. The Balaban J connectivity index is 1.59. The van der Waals surface area contributed by atoms with Gasteiger partial charge < -0.3 is 20.0 Å². The maximum Gasteiger partial charge on any atom is 0.338 e. The summed E-state index contributed by atoms with van der Waals surface area (Å²) in [5.41, 5.74) is 4.75. The van der Waals surface area contributed by atoms with Crippen molar-refractivity contribution in [2.45, 2.75) is 12.8 Å². The lowest BCUT2D eigenvalue weighted by Crippen LogP contribution is -2.00. The zero-order valence-electron chi connectivity index (χ0n) is 15.5. The van der Waals surface area contributed by atoms with Gasteiger partial charge in [0, 0.05) is 35.2 Å². The smallest absolute Gasteiger partial charge is 0.338 e. The second-order valence-electron chi connectivity index (χ2n) is 6.82. The maximum absolute atomic E-state index is 11.1. The highest BCUT2D eigenvalue weighted by molar-refractivity contribution is 6.05. The summed E-state index contributed by atoms with van der Waals surface area (Å²) in [4.78, 5) is 23.5. The van der Waals surface area contributed by atoms with E-state index in [1.54, 1.807) is 12.4 Å². The Morgan fingerprint density at radius 1 is 1.13 bits per heavy atom. The van der Waals surface area contributed by atoms with Gasteiger partial charge in [-0.2, -0.15) is 0 Å². The second kappa shape index (κ2) is 6.96. The molecule has 4 aromatic rings. The normalized spacial score (nSPS) is 14.2. The van der Waals surface area contributed by atoms with Gasteiger partial charge in [0.25, 0.3) is 0 Å². The lowest BCUT2D eigenvalue weighted by Gasteiger charge is -2.09. The van der Waals surface area contributed by atoms with Crippen LogP contribution in [0.25, 0.3) is 22.6 Å². The molecule has 0 spiro atoms. The zero-order chi connectivity index (χ0) is 20.7. The van der Waals surface area contributed by atoms with Crippen molar-refractivity contribution in [3.05, 3.63) is 65.7 Å². The molecule has 0 saturated heterocycles. The molecule has 0 aliphatic heterocycles. The number of carboxylic acids is 1. The number of aromatic nitrogens is 3. The molecule has 9 heteroatoms. The Bertz CT molecular complexity index is 1310. The molecule has 0 atom stereocenters. The third-order valence-electron chi connectivity index (χ3n) is 5.03. The minimum atomic E-state index is -1.10. The zero-order valence-corrected chi connectivity index (χ0v) is 15.5. The summed E-state index contributed by atoms with van der Waals surface area (Å²) in [7, 11) is 0. The van der Waals surface area contributed by atoms with Crippen molar-refractivity contribution in [2.24, 2.45) is 5.16 Å². The van der Waals surface area contributed by atoms with Gasteiger partial charge in [0.05, 0.1) is 23.2 Å². The fourth-order valence-corrected chi connectivity index (χ4v) is 3.58. The molecule has 1 aliphatic rings. The molecule has 0 amide bonds. The van der Waals surface area contributed by atoms with Crippen LogP contribution in [0.3, 0.4) is 0 Å². The molecule has 0 bridgehead atoms. The van der Waals surface area contributed by atoms with Crippen LogP contribution in [0.5, 0.6) is 0 Å². The third-order valence-corrected chi connectivity index (χ3v) is 5.03. The predicted octanol–water partition coefficient (Wildman–Crippen LogP) is 3.85. The van der Waals surface area contributed by atoms with Crippen LogP contribution in [0.2, 0.25) is 0 Å². The first-order chi connectivity index (χ1) is 14.6. The van der Waals surface area contributed by atoms with Gasteiger partial charge in [-0.05, 0) is 36.6 Å². The third kappa shape index (κ3) is 2.93. The Labute approximate surface area is 169 Å². The fraction of sp³-hybridized carbons (Fsp3) is 0.0952. The summed E-state index contributed by atoms with van der Waals surface area (Å²) in [5.74, 6) is -0.458. The van der Waals surface area contributed by atoms with Crippen LogP contribution < -0.4 is 5.32 Å². The largest absolute Gasteiger partial charge is 0.478 e. The summed E-state index contributed by atoms with van der Waals surface area (Å²) in [5, 5.41) is 25.7. The van der Waals surface area contributed by atoms with Crippen LogP contribution in [-0.4, -0.2) is 36.9 Å². The molecule has 30 heavy (non-hydrogen) atoms. The predicted molar refractivity (Wildman–Crippen MR) is 108 cm³/mol. The molecule has 5 rings (SSSR count). The van der Waals surface area contributed by atoms with E-state index in [9.17, 15) is 4.79 Å². The number of fused-ring (bicyclic) bond motifs is 2. The summed E-state index contributed by atoms with van der Waals surface area (Å²) < 4.78 is 5.94. The molecule has 148 valence electrons. The number of hydrogen-bond donors (Lipinski definition) is 3. The molecule has 0 radical (unpaired) electrons. The summed E-state index contributed by atoms with van der Waals surface area (Å²) in [6.45, 7) is 0. The molecule has 0 unspecified atom stereocenters. The molecule has 1 aromatic carbocycles. The number of oxime groups is 1. The standard InChI is InChI=1S/C21H15N5O4/c27-21(28)12-8-23-20(24-9-12)19-18(15-5-6-22-10-17(15)30-19)25-13-2-3-14-11(7-13)1-4-16(14)26-29/h2-3,5-10,25,29H,1,4H2,(H,27,28)/b26-16-. The van der Waals surface area contributed by atoms with Gasteiger partial charge in [0.15, 0.2) is 17.2 Å². The highest BCUT2D eigenvalue weighted by Gasteiger charge is 2.21. The van der Waals surface area contributed by atoms with Crippen LogP contribution in [0.4, 0.5) is 11.4 Å². The van der Waals surface area contributed by atoms with Crippen molar-refractivity contribution in [3.8, 4) is 11.6 Å². The number of benzene rings is 1. The number of nitrogens with zero attached hydrogens (tertiary/aromatic N) is 4. The minimum Gasteiger partial charge on any atom is -0.478 e. The Kier molecular flexibility index (Phi) is 4.13. The first-order valence-corrected chi connectivity index (χ1v) is 9.17. The van der Waals surface area contributed by atoms with Crippen molar-refractivity contribution in [1.82, 2.24) is 15.0 Å². The monoisotopic (exact) mass is 401 g/mol. The van der Waals surface area contributed by atoms with E-state index < -0.39 is 5.97 Å². The lowest BCUT2D eigenvalue weighted by molar-refractivity contribution is 0.0696. The summed E-state index contributed by atoms with van der Waals surface area (Å²) in [6, 6.07) is 7.64. The maximum atomic E-state index is 11.1. The van der Waals surface area contributed by atoms with Crippen LogP contribution >= 0.6 is 0 Å². The van der Waals surface area contributed by atoms with E-state index in [0.717, 1.165) is 28.6 Å². The molecule has 9 nitrogen and oxygen atoms in total. The van der Waals surface area contributed by atoms with Gasteiger partial charge in [-0.25, -0.2) is 14.8 Å². The Morgan fingerprint density at radius 2 is 1.97 bits per heavy atom. The van der Waals surface area contributed by atoms with E-state index in [2.05, 4.69) is 25.4 Å². The number of anilines is 2. The second-order valence-corrected chi connectivity index (χ2v) is 6.82. The Morgan fingerprint density at radius 3 is 2.73 bits per heavy atom. The number of hydrogen-bond acceptors (Lipinski definition) is 8. The highest BCUT2D eigenvalue weighted by atomic mass is 16.4. The van der Waals surface area contributed by atoms with Crippen LogP contribution in [0.15, 0.2) is 58.6 Å². The Hall–Kier alpha value is -4.27. The average molecular weight is 401 g/mol. The molecule has 3 heterocycles. The van der Waals surface area contributed by atoms with Crippen molar-refractivity contribution < 1.29 is 19.5 Å². The molecular weight excluding hydrogens is 386 g/mol. The number of carboxylic acid groups (broad SMARTS) is 1. The number of aromatic carboxylic acids is 1. The van der Waals surface area contributed by atoms with Gasteiger partial charge in [-0.3, -0.25) is 4.98 Å². The summed E-state index contributed by atoms with van der Waals surface area (Å²) >= 11 is 0.